The summed E-state index contributed by atoms with van der Waals surface area (Å²) >= 11 is 1.44. The fraction of sp³-hybridized carbons (Fsp3) is 0.250. The lowest BCUT2D eigenvalue weighted by molar-refractivity contribution is 0.0730. The molecule has 0 aliphatic carbocycles. The summed E-state index contributed by atoms with van der Waals surface area (Å²) in [6.07, 6.45) is 1.53. The first-order valence-electron chi connectivity index (χ1n) is 10.6. The number of nitrogens with zero attached hydrogens (tertiary/aromatic N) is 3. The summed E-state index contributed by atoms with van der Waals surface area (Å²) in [5.74, 6) is 0. The Kier molecular flexibility index (Phi) is 5.88. The Bertz CT molecular complexity index is 1470. The molecule has 1 fully saturated rings. The first kappa shape index (κ1) is 22.0. The molecule has 1 saturated heterocycles. The molecule has 2 aromatic carbocycles. The number of hydrogen-bond acceptors (Lipinski definition) is 6. The van der Waals surface area contributed by atoms with Crippen molar-refractivity contribution in [1.29, 1.82) is 0 Å². The highest BCUT2D eigenvalue weighted by molar-refractivity contribution is 7.89. The minimum Gasteiger partial charge on any atom is -0.379 e. The van der Waals surface area contributed by atoms with Crippen molar-refractivity contribution >= 4 is 31.6 Å². The van der Waals surface area contributed by atoms with Crippen LogP contribution >= 0.6 is 11.3 Å². The van der Waals surface area contributed by atoms with E-state index in [4.69, 9.17) is 4.74 Å². The molecule has 0 N–H and O–H groups in total. The molecule has 9 heteroatoms. The van der Waals surface area contributed by atoms with Gasteiger partial charge in [-0.2, -0.15) is 4.31 Å². The monoisotopic (exact) mass is 481 g/mol. The SMILES string of the molecule is Cc1ccc(-c2csc3ncn(Cc4cccc(S(=O)(=O)N5CCOCC5)c4)c(=O)c23)cc1. The van der Waals surface area contributed by atoms with Gasteiger partial charge in [0.2, 0.25) is 10.0 Å². The highest BCUT2D eigenvalue weighted by Crippen LogP contribution is 2.30. The number of aryl methyl sites for hydroxylation is 1. The predicted molar refractivity (Wildman–Crippen MR) is 129 cm³/mol. The average molecular weight is 482 g/mol. The van der Waals surface area contributed by atoms with Crippen molar-refractivity contribution in [2.24, 2.45) is 0 Å². The van der Waals surface area contributed by atoms with Crippen LogP contribution < -0.4 is 5.56 Å². The predicted octanol–water partition coefficient (Wildman–Crippen LogP) is 3.50. The van der Waals surface area contributed by atoms with Crippen LogP contribution in [0.5, 0.6) is 0 Å². The second-order valence-corrected chi connectivity index (χ2v) is 10.8. The molecule has 0 spiro atoms. The van der Waals surface area contributed by atoms with Crippen molar-refractivity contribution < 1.29 is 13.2 Å². The second-order valence-electron chi connectivity index (χ2n) is 8.04. The zero-order chi connectivity index (χ0) is 23.0. The fourth-order valence-corrected chi connectivity index (χ4v) is 6.35. The zero-order valence-corrected chi connectivity index (χ0v) is 19.7. The Labute approximate surface area is 195 Å². The molecule has 0 saturated carbocycles. The minimum atomic E-state index is -3.61. The lowest BCUT2D eigenvalue weighted by atomic mass is 10.1. The summed E-state index contributed by atoms with van der Waals surface area (Å²) in [5.41, 5.74) is 3.58. The van der Waals surface area contributed by atoms with Gasteiger partial charge in [-0.1, -0.05) is 42.0 Å². The maximum absolute atomic E-state index is 13.4. The molecule has 1 aliphatic heterocycles. The highest BCUT2D eigenvalue weighted by atomic mass is 32.2. The summed E-state index contributed by atoms with van der Waals surface area (Å²) in [5, 5.41) is 2.55. The van der Waals surface area contributed by atoms with Gasteiger partial charge in [0.25, 0.3) is 5.56 Å². The van der Waals surface area contributed by atoms with E-state index in [2.05, 4.69) is 4.98 Å². The Balaban J connectivity index is 1.49. The van der Waals surface area contributed by atoms with E-state index < -0.39 is 10.0 Å². The lowest BCUT2D eigenvalue weighted by Crippen LogP contribution is -2.40. The molecule has 3 heterocycles. The van der Waals surface area contributed by atoms with E-state index in [1.165, 1.54) is 26.5 Å². The van der Waals surface area contributed by atoms with Crippen LogP contribution in [0.15, 0.2) is 69.9 Å². The smallest absolute Gasteiger partial charge is 0.263 e. The second kappa shape index (κ2) is 8.83. The van der Waals surface area contributed by atoms with Gasteiger partial charge < -0.3 is 4.74 Å². The van der Waals surface area contributed by atoms with Crippen LogP contribution in [-0.2, 0) is 21.3 Å². The molecule has 2 aromatic heterocycles. The van der Waals surface area contributed by atoms with Crippen LogP contribution in [0.3, 0.4) is 0 Å². The van der Waals surface area contributed by atoms with Gasteiger partial charge in [0.15, 0.2) is 0 Å². The molecule has 0 unspecified atom stereocenters. The van der Waals surface area contributed by atoms with Gasteiger partial charge in [-0.3, -0.25) is 9.36 Å². The molecule has 0 atom stereocenters. The summed E-state index contributed by atoms with van der Waals surface area (Å²) < 4.78 is 34.3. The van der Waals surface area contributed by atoms with E-state index in [1.807, 2.05) is 42.6 Å². The zero-order valence-electron chi connectivity index (χ0n) is 18.1. The van der Waals surface area contributed by atoms with Gasteiger partial charge in [0, 0.05) is 24.0 Å². The van der Waals surface area contributed by atoms with Crippen LogP contribution in [0.2, 0.25) is 0 Å². The number of hydrogen-bond donors (Lipinski definition) is 0. The van der Waals surface area contributed by atoms with E-state index >= 15 is 0 Å². The van der Waals surface area contributed by atoms with Gasteiger partial charge in [0.05, 0.1) is 36.4 Å². The average Bonchev–Trinajstić information content (AvgIpc) is 3.27. The van der Waals surface area contributed by atoms with Crippen molar-refractivity contribution in [2.45, 2.75) is 18.4 Å². The third-order valence-corrected chi connectivity index (χ3v) is 8.56. The number of morpholine rings is 1. The Morgan fingerprint density at radius 2 is 1.85 bits per heavy atom. The number of rotatable bonds is 5. The molecule has 0 radical (unpaired) electrons. The van der Waals surface area contributed by atoms with Gasteiger partial charge in [-0.25, -0.2) is 13.4 Å². The number of benzene rings is 2. The van der Waals surface area contributed by atoms with Crippen molar-refractivity contribution in [1.82, 2.24) is 13.9 Å². The quantitative estimate of drug-likeness (QED) is 0.436. The van der Waals surface area contributed by atoms with E-state index in [0.717, 1.165) is 22.3 Å². The molecule has 4 aromatic rings. The first-order valence-corrected chi connectivity index (χ1v) is 13.0. The molecular formula is C24H23N3O4S2. The van der Waals surface area contributed by atoms with Crippen molar-refractivity contribution in [3.05, 3.63) is 81.7 Å². The topological polar surface area (TPSA) is 81.5 Å². The summed E-state index contributed by atoms with van der Waals surface area (Å²) in [4.78, 5) is 18.8. The Morgan fingerprint density at radius 3 is 2.61 bits per heavy atom. The van der Waals surface area contributed by atoms with Crippen molar-refractivity contribution in [3.8, 4) is 11.1 Å². The summed E-state index contributed by atoms with van der Waals surface area (Å²) in [6, 6.07) is 14.8. The number of thiophene rings is 1. The fourth-order valence-electron chi connectivity index (χ4n) is 3.96. The van der Waals surface area contributed by atoms with Gasteiger partial charge in [0.1, 0.15) is 4.83 Å². The standard InChI is InChI=1S/C24H23N3O4S2/c1-17-5-7-19(8-6-17)21-15-32-23-22(21)24(28)26(16-25-23)14-18-3-2-4-20(13-18)33(29,30)27-9-11-31-12-10-27/h2-8,13,15-16H,9-12,14H2,1H3. The van der Waals surface area contributed by atoms with Crippen LogP contribution in [0.25, 0.3) is 21.3 Å². The minimum absolute atomic E-state index is 0.140. The number of sulfonamides is 1. The summed E-state index contributed by atoms with van der Waals surface area (Å²) in [7, 11) is -3.61. The van der Waals surface area contributed by atoms with Crippen LogP contribution in [0.1, 0.15) is 11.1 Å². The first-order chi connectivity index (χ1) is 15.9. The molecular weight excluding hydrogens is 458 g/mol. The van der Waals surface area contributed by atoms with E-state index in [0.29, 0.717) is 36.5 Å². The van der Waals surface area contributed by atoms with Crippen molar-refractivity contribution in [2.75, 3.05) is 26.3 Å². The third kappa shape index (κ3) is 4.24. The molecule has 7 nitrogen and oxygen atoms in total. The third-order valence-electron chi connectivity index (χ3n) is 5.78. The molecule has 0 bridgehead atoms. The van der Waals surface area contributed by atoms with Crippen LogP contribution in [0.4, 0.5) is 0 Å². The number of ether oxygens (including phenoxy) is 1. The van der Waals surface area contributed by atoms with Crippen LogP contribution in [0, 0.1) is 6.92 Å². The molecule has 0 amide bonds. The number of fused-ring (bicyclic) bond motifs is 1. The lowest BCUT2D eigenvalue weighted by Gasteiger charge is -2.26. The molecule has 33 heavy (non-hydrogen) atoms. The molecule has 1 aliphatic rings. The Hall–Kier alpha value is -2.85. The van der Waals surface area contributed by atoms with Gasteiger partial charge >= 0.3 is 0 Å². The molecule has 5 rings (SSSR count). The summed E-state index contributed by atoms with van der Waals surface area (Å²) in [6.45, 7) is 3.72. The maximum atomic E-state index is 13.4. The Morgan fingerprint density at radius 1 is 1.09 bits per heavy atom. The van der Waals surface area contributed by atoms with Gasteiger partial charge in [-0.05, 0) is 30.2 Å². The van der Waals surface area contributed by atoms with E-state index in [1.54, 1.807) is 18.2 Å². The maximum Gasteiger partial charge on any atom is 0.263 e. The highest BCUT2D eigenvalue weighted by Gasteiger charge is 2.26. The van der Waals surface area contributed by atoms with E-state index in [9.17, 15) is 13.2 Å². The largest absolute Gasteiger partial charge is 0.379 e. The van der Waals surface area contributed by atoms with Crippen LogP contribution in [-0.4, -0.2) is 48.6 Å². The molecule has 170 valence electrons. The van der Waals surface area contributed by atoms with Crippen molar-refractivity contribution in [3.63, 3.8) is 0 Å². The van der Waals surface area contributed by atoms with E-state index in [-0.39, 0.29) is 17.0 Å². The number of aromatic nitrogens is 2. The normalized spacial score (nSPS) is 15.2. The van der Waals surface area contributed by atoms with Gasteiger partial charge in [-0.15, -0.1) is 11.3 Å².